The molecule has 0 saturated heterocycles. The molecule has 0 aliphatic heterocycles. The van der Waals surface area contributed by atoms with Crippen molar-refractivity contribution in [3.05, 3.63) is 196 Å². The van der Waals surface area contributed by atoms with Crippen LogP contribution in [0.25, 0.3) is 33.9 Å². The van der Waals surface area contributed by atoms with Crippen LogP contribution in [-0.2, 0) is 42.1 Å². The Labute approximate surface area is 343 Å². The molecule has 0 aliphatic rings. The first-order valence-corrected chi connectivity index (χ1v) is 15.8. The molecule has 0 amide bonds. The molecule has 0 fully saturated rings. The topological polar surface area (TPSA) is 79.9 Å². The molecule has 0 aliphatic carbocycles. The van der Waals surface area contributed by atoms with Gasteiger partial charge >= 0.3 is 0 Å². The van der Waals surface area contributed by atoms with E-state index in [-0.39, 0.29) is 42.1 Å². The van der Waals surface area contributed by atoms with E-state index in [1.165, 1.54) is 0 Å². The second-order valence-electron chi connectivity index (χ2n) is 10.4. The number of pyridine rings is 2. The molecule has 8 nitrogen and oxygen atoms in total. The average molecular weight is 1060 g/mol. The Morgan fingerprint density at radius 3 is 1.26 bits per heavy atom. The van der Waals surface area contributed by atoms with Gasteiger partial charge < -0.3 is 57.7 Å². The standard InChI is InChI=1S/C22H12N2O2.2C11H7N2.2Pt/c1-3-13-23-21(11-1)25-19-9-5-7-17(15-19)18-8-6-10-20(16-18)26-22-12-2-4-14-24-22;2*1-2-13-9-8-12-11(13)10-6-4-3-5-7-10;;/h1-6,9-14H;2*3-9H;;/q-4;2*-1;;. The Hall–Kier alpha value is -6.30. The minimum absolute atomic E-state index is 0. The summed E-state index contributed by atoms with van der Waals surface area (Å²) in [5, 5.41) is 0. The zero-order chi connectivity index (χ0) is 35.8. The zero-order valence-electron chi connectivity index (χ0n) is 28.1. The van der Waals surface area contributed by atoms with Gasteiger partial charge in [-0.25, -0.2) is 32.0 Å². The van der Waals surface area contributed by atoms with Gasteiger partial charge in [0.05, 0.1) is 0 Å². The van der Waals surface area contributed by atoms with Gasteiger partial charge in [-0.3, -0.25) is 21.3 Å². The van der Waals surface area contributed by atoms with Crippen LogP contribution < -0.4 is 9.47 Å². The minimum atomic E-state index is 0. The first-order valence-electron chi connectivity index (χ1n) is 15.8. The van der Waals surface area contributed by atoms with E-state index in [0.29, 0.717) is 34.4 Å². The zero-order valence-corrected chi connectivity index (χ0v) is 32.7. The Morgan fingerprint density at radius 2 is 0.889 bits per heavy atom. The van der Waals surface area contributed by atoms with Gasteiger partial charge in [0.25, 0.3) is 0 Å². The van der Waals surface area contributed by atoms with Gasteiger partial charge in [-0.2, -0.15) is 12.1 Å². The quantitative estimate of drug-likeness (QED) is 0.117. The van der Waals surface area contributed by atoms with Crippen molar-refractivity contribution >= 4 is 0 Å². The maximum Gasteiger partial charge on any atom is 0.215 e. The normalized spacial score (nSPS) is 9.52. The summed E-state index contributed by atoms with van der Waals surface area (Å²) < 4.78 is 14.5. The largest absolute Gasteiger partial charge is 0.669 e. The maximum absolute atomic E-state index is 7.02. The monoisotopic (exact) mass is 1060 g/mol. The SMILES string of the molecule is [C-]#Cn1ccnc1-c1ccccc1.[C-]#Cn1ccnc1-c1ccccc1.[Pt].[Pt].[c-]1ccc(Oc2ccccn2)[c-]c1-c1[c-]ccc(Oc2ccccn2)[c-]1. The molecule has 0 spiro atoms. The number of hydrogen-bond donors (Lipinski definition) is 0. The maximum atomic E-state index is 7.02. The molecule has 4 aromatic heterocycles. The molecule has 4 aromatic carbocycles. The van der Waals surface area contributed by atoms with E-state index in [1.54, 1.807) is 82.7 Å². The number of nitrogens with zero attached hydrogens (tertiary/aromatic N) is 6. The van der Waals surface area contributed by atoms with Crippen molar-refractivity contribution in [2.45, 2.75) is 0 Å². The fraction of sp³-hybridized carbons (Fsp3) is 0. The molecule has 54 heavy (non-hydrogen) atoms. The predicted molar refractivity (Wildman–Crippen MR) is 196 cm³/mol. The second kappa shape index (κ2) is 21.3. The molecule has 10 heteroatoms. The molecule has 0 atom stereocenters. The molecule has 8 aromatic rings. The van der Waals surface area contributed by atoms with Gasteiger partial charge in [0, 0.05) is 103 Å². The summed E-state index contributed by atoms with van der Waals surface area (Å²) >= 11 is 0. The van der Waals surface area contributed by atoms with Crippen molar-refractivity contribution in [2.24, 2.45) is 0 Å². The van der Waals surface area contributed by atoms with Crippen LogP contribution >= 0.6 is 0 Å². The Balaban J connectivity index is 0.000000196. The number of hydrogen-bond acceptors (Lipinski definition) is 6. The van der Waals surface area contributed by atoms with Gasteiger partial charge in [-0.05, 0) is 12.1 Å². The van der Waals surface area contributed by atoms with E-state index in [1.807, 2.05) is 84.9 Å². The summed E-state index contributed by atoms with van der Waals surface area (Å²) in [5.41, 5.74) is 3.33. The third-order valence-corrected chi connectivity index (χ3v) is 6.96. The molecule has 8 rings (SSSR count). The van der Waals surface area contributed by atoms with E-state index in [4.69, 9.17) is 22.3 Å². The van der Waals surface area contributed by atoms with Crippen molar-refractivity contribution in [1.29, 1.82) is 0 Å². The van der Waals surface area contributed by atoms with E-state index < -0.39 is 0 Å². The van der Waals surface area contributed by atoms with Crippen molar-refractivity contribution in [2.75, 3.05) is 0 Å². The number of ether oxygens (including phenoxy) is 2. The first kappa shape index (κ1) is 40.5. The van der Waals surface area contributed by atoms with Crippen LogP contribution in [0.15, 0.2) is 159 Å². The van der Waals surface area contributed by atoms with Crippen molar-refractivity contribution in [3.8, 4) is 69.3 Å². The molecule has 0 radical (unpaired) electrons. The van der Waals surface area contributed by atoms with Gasteiger partial charge in [0.15, 0.2) is 0 Å². The minimum Gasteiger partial charge on any atom is -0.669 e. The summed E-state index contributed by atoms with van der Waals surface area (Å²) in [4.78, 5) is 16.6. The molecule has 4 heterocycles. The van der Waals surface area contributed by atoms with Gasteiger partial charge in [0.2, 0.25) is 11.8 Å². The Bertz CT molecular complexity index is 2220. The van der Waals surface area contributed by atoms with Gasteiger partial charge in [-0.1, -0.05) is 84.3 Å². The van der Waals surface area contributed by atoms with Crippen molar-refractivity contribution in [1.82, 2.24) is 29.1 Å². The summed E-state index contributed by atoms with van der Waals surface area (Å²) in [7, 11) is 0. The van der Waals surface area contributed by atoms with E-state index >= 15 is 0 Å². The molecule has 0 bridgehead atoms. The third kappa shape index (κ3) is 11.3. The van der Waals surface area contributed by atoms with E-state index in [2.05, 4.69) is 56.3 Å². The number of imidazole rings is 2. The summed E-state index contributed by atoms with van der Waals surface area (Å²) in [6, 6.07) is 54.6. The molecule has 270 valence electrons. The van der Waals surface area contributed by atoms with Crippen LogP contribution in [0.4, 0.5) is 0 Å². The number of rotatable bonds is 7. The fourth-order valence-electron chi connectivity index (χ4n) is 4.62. The van der Waals surface area contributed by atoms with Gasteiger partial charge in [0.1, 0.15) is 11.6 Å². The molecule has 0 saturated carbocycles. The van der Waals surface area contributed by atoms with Crippen LogP contribution in [-0.4, -0.2) is 29.1 Å². The van der Waals surface area contributed by atoms with Gasteiger partial charge in [-0.15, -0.1) is 0 Å². The Kier molecular flexibility index (Phi) is 15.9. The summed E-state index contributed by atoms with van der Waals surface area (Å²) in [6.07, 6.45) is 24.1. The van der Waals surface area contributed by atoms with Crippen LogP contribution in [0, 0.1) is 49.2 Å². The van der Waals surface area contributed by atoms with Crippen molar-refractivity contribution in [3.63, 3.8) is 0 Å². The molecular weight excluding hydrogens is 1030 g/mol. The summed E-state index contributed by atoms with van der Waals surface area (Å²) in [5.74, 6) is 3.57. The predicted octanol–water partition coefficient (Wildman–Crippen LogP) is 8.81. The van der Waals surface area contributed by atoms with Crippen LogP contribution in [0.3, 0.4) is 0 Å². The fourth-order valence-corrected chi connectivity index (χ4v) is 4.62. The van der Waals surface area contributed by atoms with Crippen LogP contribution in [0.1, 0.15) is 0 Å². The van der Waals surface area contributed by atoms with E-state index in [9.17, 15) is 0 Å². The average Bonchev–Trinajstić information content (AvgIpc) is 3.91. The number of benzene rings is 4. The smallest absolute Gasteiger partial charge is 0.215 e. The number of aromatic nitrogens is 6. The molecule has 0 unspecified atom stereocenters. The van der Waals surface area contributed by atoms with Crippen LogP contribution in [0.2, 0.25) is 0 Å². The third-order valence-electron chi connectivity index (χ3n) is 6.96. The molecule has 0 N–H and O–H groups in total. The van der Waals surface area contributed by atoms with Crippen molar-refractivity contribution < 1.29 is 51.6 Å². The summed E-state index contributed by atoms with van der Waals surface area (Å²) in [6.45, 7) is 0. The molecular formula is C44H26N6O2Pt2-6. The van der Waals surface area contributed by atoms with E-state index in [0.717, 1.165) is 22.8 Å². The second-order valence-corrected chi connectivity index (χ2v) is 10.4. The Morgan fingerprint density at radius 1 is 0.481 bits per heavy atom. The van der Waals surface area contributed by atoms with Crippen LogP contribution in [0.5, 0.6) is 23.3 Å². The first-order chi connectivity index (χ1) is 25.7.